The Hall–Kier alpha value is -5.72. The Morgan fingerprint density at radius 3 is 2.77 bits per heavy atom. The second-order valence-corrected chi connectivity index (χ2v) is 11.2. The monoisotopic (exact) mass is 637 g/mol. The third-order valence-electron chi connectivity index (χ3n) is 8.08. The molecule has 2 aromatic heterocycles. The Balaban J connectivity index is 1.14. The van der Waals surface area contributed by atoms with Gasteiger partial charge in [-0.25, -0.2) is 19.7 Å². The van der Waals surface area contributed by atoms with Gasteiger partial charge in [-0.2, -0.15) is 0 Å². The van der Waals surface area contributed by atoms with Crippen molar-refractivity contribution in [2.45, 2.75) is 44.4 Å². The molecule has 3 heterocycles. The summed E-state index contributed by atoms with van der Waals surface area (Å²) in [4.78, 5) is 56.2. The van der Waals surface area contributed by atoms with E-state index in [0.29, 0.717) is 23.7 Å². The van der Waals surface area contributed by atoms with E-state index in [4.69, 9.17) is 14.2 Å². The number of imidazole rings is 1. The van der Waals surface area contributed by atoms with Gasteiger partial charge in [0.1, 0.15) is 36.8 Å². The standard InChI is InChI=1S/C34H35N7O6/c1-45-29(42)15-14-27(40-34(44)47-18-22-7-3-2-4-8-22)33(43)39-24-13-12-23-9-5-11-28(26(23)17-24)46-19-25-10-6-16-41(25)32-30-31(36-20-35-30)37-21-38-32/h2-5,7-9,11-13,17,20-21,25,27H,6,10,14-16,18-19H2,1H3,(H,39,43)(H,40,44)(H,35,36,37,38)/t25-,27+/m1/s1. The molecule has 1 aliphatic rings. The lowest BCUT2D eigenvalue weighted by Crippen LogP contribution is -2.44. The van der Waals surface area contributed by atoms with Gasteiger partial charge in [-0.1, -0.05) is 48.5 Å². The minimum absolute atomic E-state index is 0.0238. The van der Waals surface area contributed by atoms with Crippen LogP contribution < -0.4 is 20.3 Å². The lowest BCUT2D eigenvalue weighted by molar-refractivity contribution is -0.140. The van der Waals surface area contributed by atoms with Crippen molar-refractivity contribution >= 4 is 51.4 Å². The molecule has 0 unspecified atom stereocenters. The van der Waals surface area contributed by atoms with Gasteiger partial charge in [-0.3, -0.25) is 9.59 Å². The summed E-state index contributed by atoms with van der Waals surface area (Å²) >= 11 is 0. The predicted octanol–water partition coefficient (Wildman–Crippen LogP) is 4.74. The zero-order valence-corrected chi connectivity index (χ0v) is 25.8. The molecule has 2 amide bonds. The number of rotatable bonds is 12. The average molecular weight is 638 g/mol. The van der Waals surface area contributed by atoms with Crippen molar-refractivity contribution in [3.8, 4) is 5.75 Å². The summed E-state index contributed by atoms with van der Waals surface area (Å²) in [6.07, 6.45) is 4.27. The fraction of sp³-hybridized carbons (Fsp3) is 0.294. The molecule has 0 aliphatic carbocycles. The summed E-state index contributed by atoms with van der Waals surface area (Å²) < 4.78 is 16.4. The van der Waals surface area contributed by atoms with Crippen LogP contribution in [0.15, 0.2) is 79.4 Å². The number of aromatic amines is 1. The summed E-state index contributed by atoms with van der Waals surface area (Å²) in [5.41, 5.74) is 2.73. The van der Waals surface area contributed by atoms with Crippen LogP contribution in [-0.4, -0.2) is 70.3 Å². The number of H-pyrrole nitrogens is 1. The number of amides is 2. The number of alkyl carbamates (subject to hydrolysis) is 1. The van der Waals surface area contributed by atoms with Crippen LogP contribution in [0.3, 0.4) is 0 Å². The number of methoxy groups -OCH3 is 1. The fourth-order valence-electron chi connectivity index (χ4n) is 5.66. The predicted molar refractivity (Wildman–Crippen MR) is 175 cm³/mol. The molecule has 1 fully saturated rings. The molecule has 13 heteroatoms. The summed E-state index contributed by atoms with van der Waals surface area (Å²) in [5.74, 6) is 0.481. The molecule has 242 valence electrons. The van der Waals surface area contributed by atoms with Crippen molar-refractivity contribution in [1.29, 1.82) is 0 Å². The lowest BCUT2D eigenvalue weighted by atomic mass is 10.1. The highest BCUT2D eigenvalue weighted by Crippen LogP contribution is 2.31. The van der Waals surface area contributed by atoms with Crippen molar-refractivity contribution in [1.82, 2.24) is 25.3 Å². The molecule has 5 aromatic rings. The highest BCUT2D eigenvalue weighted by Gasteiger charge is 2.29. The van der Waals surface area contributed by atoms with E-state index in [0.717, 1.165) is 47.1 Å². The van der Waals surface area contributed by atoms with Crippen molar-refractivity contribution in [3.63, 3.8) is 0 Å². The molecule has 6 rings (SSSR count). The number of esters is 1. The number of anilines is 2. The molecular weight excluding hydrogens is 602 g/mol. The Morgan fingerprint density at radius 1 is 1.04 bits per heavy atom. The Bertz CT molecular complexity index is 1860. The first kappa shape index (κ1) is 31.3. The molecule has 0 spiro atoms. The van der Waals surface area contributed by atoms with E-state index in [1.807, 2.05) is 60.7 Å². The maximum absolute atomic E-state index is 13.4. The molecule has 0 bridgehead atoms. The number of hydrogen-bond donors (Lipinski definition) is 3. The van der Waals surface area contributed by atoms with Gasteiger partial charge >= 0.3 is 12.1 Å². The number of aromatic nitrogens is 4. The maximum atomic E-state index is 13.4. The van der Waals surface area contributed by atoms with E-state index in [9.17, 15) is 14.4 Å². The van der Waals surface area contributed by atoms with E-state index in [2.05, 4.69) is 35.5 Å². The van der Waals surface area contributed by atoms with Gasteiger partial charge in [0.2, 0.25) is 5.91 Å². The second-order valence-electron chi connectivity index (χ2n) is 11.2. The van der Waals surface area contributed by atoms with E-state index in [1.54, 1.807) is 12.4 Å². The Morgan fingerprint density at radius 2 is 1.91 bits per heavy atom. The van der Waals surface area contributed by atoms with E-state index in [-0.39, 0.29) is 25.5 Å². The smallest absolute Gasteiger partial charge is 0.408 e. The van der Waals surface area contributed by atoms with Crippen molar-refractivity contribution in [2.24, 2.45) is 0 Å². The highest BCUT2D eigenvalue weighted by atomic mass is 16.5. The number of fused-ring (bicyclic) bond motifs is 2. The number of ether oxygens (including phenoxy) is 3. The van der Waals surface area contributed by atoms with E-state index in [1.165, 1.54) is 13.4 Å². The van der Waals surface area contributed by atoms with Gasteiger partial charge in [-0.15, -0.1) is 0 Å². The number of carbonyl (C=O) groups is 3. The van der Waals surface area contributed by atoms with Gasteiger partial charge in [0.15, 0.2) is 11.5 Å². The number of nitrogens with zero attached hydrogens (tertiary/aromatic N) is 4. The van der Waals surface area contributed by atoms with Crippen LogP contribution in [0.5, 0.6) is 5.75 Å². The molecule has 0 saturated carbocycles. The molecule has 1 aliphatic heterocycles. The number of nitrogens with one attached hydrogen (secondary N) is 3. The van der Waals surface area contributed by atoms with E-state index < -0.39 is 24.0 Å². The van der Waals surface area contributed by atoms with Crippen LogP contribution in [0.4, 0.5) is 16.3 Å². The van der Waals surface area contributed by atoms with Gasteiger partial charge in [0.25, 0.3) is 0 Å². The van der Waals surface area contributed by atoms with Crippen LogP contribution >= 0.6 is 0 Å². The molecule has 3 N–H and O–H groups in total. The van der Waals surface area contributed by atoms with Crippen molar-refractivity contribution in [2.75, 3.05) is 30.5 Å². The lowest BCUT2D eigenvalue weighted by Gasteiger charge is -2.26. The highest BCUT2D eigenvalue weighted by molar-refractivity contribution is 5.99. The largest absolute Gasteiger partial charge is 0.491 e. The van der Waals surface area contributed by atoms with Crippen molar-refractivity contribution < 1.29 is 28.6 Å². The summed E-state index contributed by atoms with van der Waals surface area (Å²) in [5, 5.41) is 7.21. The molecular formula is C34H35N7O6. The summed E-state index contributed by atoms with van der Waals surface area (Å²) in [7, 11) is 1.27. The van der Waals surface area contributed by atoms with Crippen LogP contribution in [0.25, 0.3) is 21.9 Å². The van der Waals surface area contributed by atoms with Gasteiger partial charge in [0.05, 0.1) is 19.5 Å². The second kappa shape index (κ2) is 14.6. The van der Waals surface area contributed by atoms with Crippen LogP contribution in [0.2, 0.25) is 0 Å². The topological polar surface area (TPSA) is 161 Å². The number of benzene rings is 3. The number of hydrogen-bond acceptors (Lipinski definition) is 10. The zero-order valence-electron chi connectivity index (χ0n) is 25.8. The first-order valence-corrected chi connectivity index (χ1v) is 15.4. The Labute approximate surface area is 270 Å². The van der Waals surface area contributed by atoms with Crippen molar-refractivity contribution in [3.05, 3.63) is 84.9 Å². The van der Waals surface area contributed by atoms with E-state index >= 15 is 0 Å². The third-order valence-corrected chi connectivity index (χ3v) is 8.08. The third kappa shape index (κ3) is 7.57. The first-order valence-electron chi connectivity index (χ1n) is 15.4. The Kier molecular flexibility index (Phi) is 9.70. The van der Waals surface area contributed by atoms with Crippen LogP contribution in [-0.2, 0) is 25.7 Å². The minimum atomic E-state index is -1.05. The molecule has 0 radical (unpaired) electrons. The molecule has 3 aromatic carbocycles. The van der Waals surface area contributed by atoms with Gasteiger partial charge < -0.3 is 34.7 Å². The quantitative estimate of drug-likeness (QED) is 0.163. The SMILES string of the molecule is COC(=O)CC[C@H](NC(=O)OCc1ccccc1)C(=O)Nc1ccc2cccc(OC[C@H]3CCCN3c3ncnc4nc[nH]c34)c2c1. The van der Waals surface area contributed by atoms with Crippen LogP contribution in [0, 0.1) is 0 Å². The minimum Gasteiger partial charge on any atom is -0.491 e. The molecule has 47 heavy (non-hydrogen) atoms. The summed E-state index contributed by atoms with van der Waals surface area (Å²) in [6, 6.07) is 19.5. The average Bonchev–Trinajstić information content (AvgIpc) is 3.78. The summed E-state index contributed by atoms with van der Waals surface area (Å²) in [6.45, 7) is 1.31. The van der Waals surface area contributed by atoms with Gasteiger partial charge in [-0.05, 0) is 48.4 Å². The first-order chi connectivity index (χ1) is 23.0. The molecule has 1 saturated heterocycles. The molecule has 2 atom stereocenters. The zero-order chi connectivity index (χ0) is 32.6. The normalized spacial score (nSPS) is 14.9. The maximum Gasteiger partial charge on any atom is 0.408 e. The fourth-order valence-corrected chi connectivity index (χ4v) is 5.66. The van der Waals surface area contributed by atoms with Crippen LogP contribution in [0.1, 0.15) is 31.2 Å². The number of carbonyl (C=O) groups excluding carboxylic acids is 3. The van der Waals surface area contributed by atoms with Gasteiger partial charge in [0, 0.05) is 24.0 Å². The molecule has 13 nitrogen and oxygen atoms in total.